The zero-order valence-corrected chi connectivity index (χ0v) is 18.3. The Morgan fingerprint density at radius 1 is 1.03 bits per heavy atom. The molecule has 2 aromatic heterocycles. The molecule has 2 heterocycles. The molecule has 0 saturated carbocycles. The molecular formula is C23H27FN6O. The third-order valence-electron chi connectivity index (χ3n) is 4.54. The lowest BCUT2D eigenvalue weighted by Gasteiger charge is -2.14. The molecule has 2 aromatic carbocycles. The molecule has 4 aromatic rings. The Morgan fingerprint density at radius 3 is 2.39 bits per heavy atom. The SMILES string of the molecule is CC.CC(C)(C)c1cc(NC(=O)Nc2ccc(-n3cnc4cc(F)ccc43)cc2)n[nH]1. The Bertz CT molecular complexity index is 1170. The average Bonchev–Trinajstić information content (AvgIpc) is 3.37. The molecule has 0 saturated heterocycles. The summed E-state index contributed by atoms with van der Waals surface area (Å²) in [5, 5.41) is 12.5. The number of nitrogens with zero attached hydrogens (tertiary/aromatic N) is 3. The fourth-order valence-electron chi connectivity index (χ4n) is 2.95. The van der Waals surface area contributed by atoms with Crippen LogP contribution in [0.4, 0.5) is 20.7 Å². The van der Waals surface area contributed by atoms with Crippen LogP contribution in [0.25, 0.3) is 16.7 Å². The molecule has 8 heteroatoms. The second-order valence-electron chi connectivity index (χ2n) is 7.79. The van der Waals surface area contributed by atoms with Gasteiger partial charge in [-0.1, -0.05) is 34.6 Å². The molecule has 0 radical (unpaired) electrons. The summed E-state index contributed by atoms with van der Waals surface area (Å²) in [4.78, 5) is 16.5. The van der Waals surface area contributed by atoms with Gasteiger partial charge in [0, 0.05) is 34.6 Å². The standard InChI is InChI=1S/C21H21FN6O.C2H6/c1-21(2,3)18-11-19(27-26-18)25-20(29)24-14-5-7-15(8-6-14)28-12-23-16-10-13(22)4-9-17(16)28;1-2/h4-12H,1-3H3,(H3,24,25,26,27,29);1-2H3. The molecule has 0 aliphatic carbocycles. The van der Waals surface area contributed by atoms with Crippen molar-refractivity contribution in [1.29, 1.82) is 0 Å². The van der Waals surface area contributed by atoms with E-state index in [1.165, 1.54) is 12.1 Å². The Labute approximate surface area is 180 Å². The fraction of sp³-hybridized carbons (Fsp3) is 0.261. The number of benzene rings is 2. The summed E-state index contributed by atoms with van der Waals surface area (Å²) in [6, 6.07) is 13.2. The fourth-order valence-corrected chi connectivity index (χ4v) is 2.95. The van der Waals surface area contributed by atoms with Gasteiger partial charge < -0.3 is 5.32 Å². The maximum atomic E-state index is 13.3. The van der Waals surface area contributed by atoms with Gasteiger partial charge in [-0.2, -0.15) is 5.10 Å². The summed E-state index contributed by atoms with van der Waals surface area (Å²) < 4.78 is 15.2. The third-order valence-corrected chi connectivity index (χ3v) is 4.54. The second kappa shape index (κ2) is 8.99. The molecule has 0 unspecified atom stereocenters. The number of urea groups is 1. The number of rotatable bonds is 3. The van der Waals surface area contributed by atoms with Crippen LogP contribution in [-0.4, -0.2) is 25.8 Å². The highest BCUT2D eigenvalue weighted by atomic mass is 19.1. The van der Waals surface area contributed by atoms with Gasteiger partial charge in [0.25, 0.3) is 0 Å². The van der Waals surface area contributed by atoms with Crippen LogP contribution in [0.15, 0.2) is 54.9 Å². The predicted molar refractivity (Wildman–Crippen MR) is 122 cm³/mol. The number of amides is 2. The van der Waals surface area contributed by atoms with Crippen molar-refractivity contribution in [2.45, 2.75) is 40.0 Å². The van der Waals surface area contributed by atoms with Gasteiger partial charge in [0.15, 0.2) is 5.82 Å². The number of anilines is 2. The second-order valence-corrected chi connectivity index (χ2v) is 7.79. The third kappa shape index (κ3) is 5.09. The number of carbonyl (C=O) groups excluding carboxylic acids is 1. The van der Waals surface area contributed by atoms with E-state index in [0.717, 1.165) is 16.9 Å². The topological polar surface area (TPSA) is 87.6 Å². The normalized spacial score (nSPS) is 11.0. The van der Waals surface area contributed by atoms with Crippen molar-refractivity contribution in [3.05, 3.63) is 66.4 Å². The molecule has 4 rings (SSSR count). The van der Waals surface area contributed by atoms with E-state index in [2.05, 4.69) is 46.6 Å². The number of hydrogen-bond donors (Lipinski definition) is 3. The number of aromatic nitrogens is 4. The zero-order valence-electron chi connectivity index (χ0n) is 18.3. The van der Waals surface area contributed by atoms with Crippen molar-refractivity contribution in [3.63, 3.8) is 0 Å². The van der Waals surface area contributed by atoms with Crippen LogP contribution in [0.2, 0.25) is 0 Å². The average molecular weight is 423 g/mol. The van der Waals surface area contributed by atoms with Gasteiger partial charge in [0.05, 0.1) is 11.0 Å². The Balaban J connectivity index is 0.00000132. The van der Waals surface area contributed by atoms with Gasteiger partial charge in [-0.15, -0.1) is 0 Å². The van der Waals surface area contributed by atoms with Crippen LogP contribution in [0.3, 0.4) is 0 Å². The van der Waals surface area contributed by atoms with E-state index in [1.54, 1.807) is 24.5 Å². The summed E-state index contributed by atoms with van der Waals surface area (Å²) in [5.74, 6) is 0.140. The molecule has 0 aliphatic heterocycles. The first-order valence-electron chi connectivity index (χ1n) is 10.2. The number of halogens is 1. The van der Waals surface area contributed by atoms with Gasteiger partial charge >= 0.3 is 6.03 Å². The van der Waals surface area contributed by atoms with Crippen molar-refractivity contribution in [3.8, 4) is 5.69 Å². The van der Waals surface area contributed by atoms with Crippen LogP contribution in [0, 0.1) is 5.82 Å². The van der Waals surface area contributed by atoms with Crippen LogP contribution < -0.4 is 10.6 Å². The van der Waals surface area contributed by atoms with E-state index in [0.29, 0.717) is 17.0 Å². The van der Waals surface area contributed by atoms with E-state index >= 15 is 0 Å². The van der Waals surface area contributed by atoms with Gasteiger partial charge in [0.2, 0.25) is 0 Å². The first-order valence-corrected chi connectivity index (χ1v) is 10.2. The highest BCUT2D eigenvalue weighted by Crippen LogP contribution is 2.23. The first kappa shape index (κ1) is 22.0. The number of H-pyrrole nitrogens is 1. The maximum absolute atomic E-state index is 13.3. The van der Waals surface area contributed by atoms with Crippen LogP contribution >= 0.6 is 0 Å². The van der Waals surface area contributed by atoms with Crippen molar-refractivity contribution in [2.24, 2.45) is 0 Å². The quantitative estimate of drug-likeness (QED) is 0.387. The smallest absolute Gasteiger partial charge is 0.308 e. The largest absolute Gasteiger partial charge is 0.324 e. The minimum atomic E-state index is -0.381. The van der Waals surface area contributed by atoms with Crippen molar-refractivity contribution in [2.75, 3.05) is 10.6 Å². The summed E-state index contributed by atoms with van der Waals surface area (Å²) in [5.41, 5.74) is 3.73. The number of carbonyl (C=O) groups is 1. The summed E-state index contributed by atoms with van der Waals surface area (Å²) >= 11 is 0. The molecular weight excluding hydrogens is 395 g/mol. The molecule has 2 amide bonds. The van der Waals surface area contributed by atoms with Crippen LogP contribution in [-0.2, 0) is 5.41 Å². The number of hydrogen-bond acceptors (Lipinski definition) is 3. The van der Waals surface area contributed by atoms with Gasteiger partial charge in [-0.25, -0.2) is 14.2 Å². The monoisotopic (exact) mass is 422 g/mol. The van der Waals surface area contributed by atoms with Crippen molar-refractivity contribution < 1.29 is 9.18 Å². The van der Waals surface area contributed by atoms with Gasteiger partial charge in [-0.05, 0) is 36.4 Å². The van der Waals surface area contributed by atoms with E-state index in [9.17, 15) is 9.18 Å². The summed E-state index contributed by atoms with van der Waals surface area (Å²) in [7, 11) is 0. The lowest BCUT2D eigenvalue weighted by molar-refractivity contribution is 0.262. The Hall–Kier alpha value is -3.68. The van der Waals surface area contributed by atoms with E-state index in [-0.39, 0.29) is 17.3 Å². The van der Waals surface area contributed by atoms with E-state index in [4.69, 9.17) is 0 Å². The molecule has 0 bridgehead atoms. The molecule has 7 nitrogen and oxygen atoms in total. The molecule has 0 spiro atoms. The Morgan fingerprint density at radius 2 is 1.74 bits per heavy atom. The minimum absolute atomic E-state index is 0.0809. The highest BCUT2D eigenvalue weighted by molar-refractivity contribution is 5.99. The lowest BCUT2D eigenvalue weighted by Crippen LogP contribution is -2.19. The maximum Gasteiger partial charge on any atom is 0.324 e. The zero-order chi connectivity index (χ0) is 22.6. The number of imidazole rings is 1. The number of aromatic amines is 1. The van der Waals surface area contributed by atoms with Gasteiger partial charge in [-0.3, -0.25) is 15.0 Å². The molecule has 31 heavy (non-hydrogen) atoms. The number of nitrogens with one attached hydrogen (secondary N) is 3. The lowest BCUT2D eigenvalue weighted by atomic mass is 9.92. The summed E-state index contributed by atoms with van der Waals surface area (Å²) in [6.07, 6.45) is 1.64. The molecule has 0 fully saturated rings. The molecule has 0 aliphatic rings. The molecule has 3 N–H and O–H groups in total. The highest BCUT2D eigenvalue weighted by Gasteiger charge is 2.17. The molecule has 0 atom stereocenters. The van der Waals surface area contributed by atoms with Crippen LogP contribution in [0.5, 0.6) is 0 Å². The predicted octanol–water partition coefficient (Wildman–Crippen LogP) is 5.86. The summed E-state index contributed by atoms with van der Waals surface area (Å²) in [6.45, 7) is 10.2. The first-order chi connectivity index (χ1) is 14.8. The van der Waals surface area contributed by atoms with Crippen molar-refractivity contribution in [1.82, 2.24) is 19.7 Å². The van der Waals surface area contributed by atoms with Crippen LogP contribution in [0.1, 0.15) is 40.3 Å². The minimum Gasteiger partial charge on any atom is -0.308 e. The van der Waals surface area contributed by atoms with E-state index < -0.39 is 0 Å². The van der Waals surface area contributed by atoms with E-state index in [1.807, 2.05) is 36.6 Å². The van der Waals surface area contributed by atoms with Gasteiger partial charge in [0.1, 0.15) is 12.1 Å². The number of fused-ring (bicyclic) bond motifs is 1. The molecule has 162 valence electrons. The van der Waals surface area contributed by atoms with Crippen molar-refractivity contribution >= 4 is 28.6 Å². The Kier molecular flexibility index (Phi) is 6.39.